The summed E-state index contributed by atoms with van der Waals surface area (Å²) in [6, 6.07) is 1.27. The number of nitrogens with zero attached hydrogens (tertiary/aromatic N) is 1. The molecular weight excluding hydrogens is 426 g/mol. The molecule has 2 fully saturated rings. The zero-order valence-electron chi connectivity index (χ0n) is 10.7. The van der Waals surface area contributed by atoms with Crippen LogP contribution in [0.3, 0.4) is 0 Å². The molecule has 112 valence electrons. The van der Waals surface area contributed by atoms with Gasteiger partial charge in [-0.1, -0.05) is 0 Å². The molecule has 9 heteroatoms. The molecule has 2 aliphatic heterocycles. The van der Waals surface area contributed by atoms with Crippen LogP contribution in [0, 0.1) is 0 Å². The van der Waals surface area contributed by atoms with E-state index in [1.165, 1.54) is 11.3 Å². The van der Waals surface area contributed by atoms with Crippen molar-refractivity contribution in [2.24, 2.45) is 0 Å². The van der Waals surface area contributed by atoms with Gasteiger partial charge in [0.15, 0.2) is 0 Å². The van der Waals surface area contributed by atoms with Gasteiger partial charge in [0.1, 0.15) is 5.54 Å². The van der Waals surface area contributed by atoms with Crippen molar-refractivity contribution in [3.05, 3.63) is 19.2 Å². The molecule has 1 unspecified atom stereocenters. The third-order valence-electron chi connectivity index (χ3n) is 3.65. The number of imide groups is 1. The Balaban J connectivity index is 1.82. The zero-order chi connectivity index (χ0) is 15.2. The number of hydrogen-bond donors (Lipinski definition) is 2. The molecule has 0 saturated carbocycles. The largest absolute Gasteiger partial charge is 0.335 e. The van der Waals surface area contributed by atoms with Crippen molar-refractivity contribution in [3.63, 3.8) is 0 Å². The maximum Gasteiger partial charge on any atom is 0.322 e. The number of urea groups is 1. The first-order chi connectivity index (χ1) is 9.91. The summed E-state index contributed by atoms with van der Waals surface area (Å²) in [5.74, 6) is -0.474. The van der Waals surface area contributed by atoms with E-state index in [9.17, 15) is 14.4 Å². The summed E-state index contributed by atoms with van der Waals surface area (Å²) in [5, 5.41) is 4.91. The van der Waals surface area contributed by atoms with E-state index in [2.05, 4.69) is 42.5 Å². The van der Waals surface area contributed by atoms with Gasteiger partial charge >= 0.3 is 6.03 Å². The van der Waals surface area contributed by atoms with Gasteiger partial charge in [-0.2, -0.15) is 0 Å². The predicted octanol–water partition coefficient (Wildman–Crippen LogP) is 2.09. The van der Waals surface area contributed by atoms with E-state index in [0.29, 0.717) is 24.3 Å². The average molecular weight is 437 g/mol. The fraction of sp³-hybridized carbons (Fsp3) is 0.417. The zero-order valence-corrected chi connectivity index (χ0v) is 14.7. The summed E-state index contributed by atoms with van der Waals surface area (Å²) >= 11 is 8.06. The second kappa shape index (κ2) is 5.36. The van der Waals surface area contributed by atoms with Gasteiger partial charge in [0.2, 0.25) is 0 Å². The molecule has 0 aliphatic carbocycles. The Morgan fingerprint density at radius 2 is 2.14 bits per heavy atom. The molecule has 2 N–H and O–H groups in total. The van der Waals surface area contributed by atoms with Gasteiger partial charge in [-0.15, -0.1) is 11.3 Å². The van der Waals surface area contributed by atoms with Gasteiger partial charge < -0.3 is 10.2 Å². The highest BCUT2D eigenvalue weighted by molar-refractivity contribution is 9.13. The van der Waals surface area contributed by atoms with Crippen LogP contribution in [0.1, 0.15) is 22.5 Å². The van der Waals surface area contributed by atoms with Crippen LogP contribution < -0.4 is 10.6 Å². The number of amides is 4. The number of thiophene rings is 1. The highest BCUT2D eigenvalue weighted by Crippen LogP contribution is 2.34. The number of piperidine rings is 1. The van der Waals surface area contributed by atoms with Crippen LogP contribution in [-0.4, -0.2) is 41.4 Å². The summed E-state index contributed by atoms with van der Waals surface area (Å²) in [5.41, 5.74) is -0.975. The molecule has 4 amide bonds. The molecule has 0 aromatic carbocycles. The van der Waals surface area contributed by atoms with Crippen molar-refractivity contribution in [3.8, 4) is 0 Å². The fourth-order valence-electron chi connectivity index (χ4n) is 2.65. The maximum absolute atomic E-state index is 12.5. The smallest absolute Gasteiger partial charge is 0.322 e. The van der Waals surface area contributed by atoms with Gasteiger partial charge in [-0.25, -0.2) is 4.79 Å². The van der Waals surface area contributed by atoms with E-state index in [-0.39, 0.29) is 18.4 Å². The van der Waals surface area contributed by atoms with Gasteiger partial charge in [-0.05, 0) is 50.8 Å². The summed E-state index contributed by atoms with van der Waals surface area (Å²) in [6.07, 6.45) is 1.22. The molecule has 1 spiro atoms. The van der Waals surface area contributed by atoms with Crippen molar-refractivity contribution in [2.45, 2.75) is 18.4 Å². The van der Waals surface area contributed by atoms with E-state index >= 15 is 0 Å². The molecule has 2 aliphatic rings. The van der Waals surface area contributed by atoms with Gasteiger partial charge in [0.25, 0.3) is 11.8 Å². The Morgan fingerprint density at radius 3 is 2.71 bits per heavy atom. The number of halogens is 2. The van der Waals surface area contributed by atoms with Crippen LogP contribution in [0.4, 0.5) is 4.79 Å². The molecule has 1 aromatic rings. The first kappa shape index (κ1) is 15.0. The Kier molecular flexibility index (Phi) is 3.83. The lowest BCUT2D eigenvalue weighted by molar-refractivity contribution is -0.125. The Labute approximate surface area is 141 Å². The van der Waals surface area contributed by atoms with E-state index in [4.69, 9.17) is 0 Å². The summed E-state index contributed by atoms with van der Waals surface area (Å²) in [4.78, 5) is 38.1. The third kappa shape index (κ3) is 2.62. The number of nitrogens with one attached hydrogen (secondary N) is 2. The van der Waals surface area contributed by atoms with E-state index in [1.54, 1.807) is 11.0 Å². The van der Waals surface area contributed by atoms with E-state index in [1.807, 2.05) is 0 Å². The van der Waals surface area contributed by atoms with Gasteiger partial charge in [0.05, 0.1) is 15.2 Å². The SMILES string of the molecule is O=C1NC(=O)C2(CCCN(C(=O)c3cc(Br)c(Br)s3)C2)N1. The van der Waals surface area contributed by atoms with Crippen LogP contribution in [0.2, 0.25) is 0 Å². The highest BCUT2D eigenvalue weighted by atomic mass is 79.9. The molecule has 6 nitrogen and oxygen atoms in total. The Bertz CT molecular complexity index is 628. The van der Waals surface area contributed by atoms with Crippen LogP contribution in [0.25, 0.3) is 0 Å². The molecule has 2 saturated heterocycles. The average Bonchev–Trinajstić information content (AvgIpc) is 2.90. The first-order valence-corrected chi connectivity index (χ1v) is 8.69. The Morgan fingerprint density at radius 1 is 1.38 bits per heavy atom. The number of carbonyl (C=O) groups excluding carboxylic acids is 3. The summed E-state index contributed by atoms with van der Waals surface area (Å²) in [6.45, 7) is 0.785. The minimum Gasteiger partial charge on any atom is -0.335 e. The number of hydrogen-bond acceptors (Lipinski definition) is 4. The van der Waals surface area contributed by atoms with Crippen molar-refractivity contribution >= 4 is 61.0 Å². The lowest BCUT2D eigenvalue weighted by Crippen LogP contribution is -2.59. The van der Waals surface area contributed by atoms with Crippen LogP contribution in [-0.2, 0) is 4.79 Å². The standard InChI is InChI=1S/C12H11Br2N3O3S/c13-6-4-7(21-8(6)14)9(18)17-3-1-2-12(5-17)10(19)15-11(20)16-12/h4H,1-3,5H2,(H2,15,16,19,20). The van der Waals surface area contributed by atoms with Crippen molar-refractivity contribution in [1.29, 1.82) is 0 Å². The second-order valence-electron chi connectivity index (χ2n) is 5.05. The first-order valence-electron chi connectivity index (χ1n) is 6.29. The molecule has 3 heterocycles. The van der Waals surface area contributed by atoms with Crippen molar-refractivity contribution in [1.82, 2.24) is 15.5 Å². The monoisotopic (exact) mass is 435 g/mol. The van der Waals surface area contributed by atoms with Crippen molar-refractivity contribution < 1.29 is 14.4 Å². The third-order valence-corrected chi connectivity index (χ3v) is 6.89. The van der Waals surface area contributed by atoms with Crippen LogP contribution in [0.15, 0.2) is 14.3 Å². The maximum atomic E-state index is 12.5. The number of rotatable bonds is 1. The van der Waals surface area contributed by atoms with Crippen molar-refractivity contribution in [2.75, 3.05) is 13.1 Å². The Hall–Kier alpha value is -0.930. The van der Waals surface area contributed by atoms with E-state index in [0.717, 1.165) is 8.26 Å². The van der Waals surface area contributed by atoms with Crippen LogP contribution in [0.5, 0.6) is 0 Å². The van der Waals surface area contributed by atoms with E-state index < -0.39 is 11.6 Å². The fourth-order valence-corrected chi connectivity index (χ4v) is 4.66. The molecule has 1 aromatic heterocycles. The molecule has 0 bridgehead atoms. The van der Waals surface area contributed by atoms with Gasteiger partial charge in [-0.3, -0.25) is 14.9 Å². The quantitative estimate of drug-likeness (QED) is 0.661. The highest BCUT2D eigenvalue weighted by Gasteiger charge is 2.49. The normalized spacial score (nSPS) is 25.1. The molecule has 21 heavy (non-hydrogen) atoms. The summed E-state index contributed by atoms with van der Waals surface area (Å²) < 4.78 is 1.68. The van der Waals surface area contributed by atoms with Crippen LogP contribution >= 0.6 is 43.2 Å². The predicted molar refractivity (Wildman–Crippen MR) is 84.3 cm³/mol. The second-order valence-corrected chi connectivity index (χ2v) is 8.28. The molecular formula is C12H11Br2N3O3S. The lowest BCUT2D eigenvalue weighted by Gasteiger charge is -2.37. The summed E-state index contributed by atoms with van der Waals surface area (Å²) in [7, 11) is 0. The van der Waals surface area contributed by atoms with Gasteiger partial charge in [0, 0.05) is 11.0 Å². The topological polar surface area (TPSA) is 78.5 Å². The lowest BCUT2D eigenvalue weighted by atomic mass is 9.89. The molecule has 0 radical (unpaired) electrons. The number of carbonyl (C=O) groups is 3. The molecule has 3 rings (SSSR count). The number of likely N-dealkylation sites (tertiary alicyclic amines) is 1. The minimum atomic E-state index is -0.975. The minimum absolute atomic E-state index is 0.126. The molecule has 1 atom stereocenters.